The van der Waals surface area contributed by atoms with Gasteiger partial charge in [-0.05, 0) is 6.92 Å². The predicted molar refractivity (Wildman–Crippen MR) is 37.6 cm³/mol. The molecule has 0 aliphatic rings. The lowest BCUT2D eigenvalue weighted by Crippen LogP contribution is -2.14. The Morgan fingerprint density at radius 2 is 2.22 bits per heavy atom. The molecule has 0 amide bonds. The van der Waals surface area contributed by atoms with E-state index in [1.165, 1.54) is 0 Å². The van der Waals surface area contributed by atoms with Crippen molar-refractivity contribution in [2.45, 2.75) is 6.92 Å². The molecule has 0 saturated carbocycles. The van der Waals surface area contributed by atoms with Gasteiger partial charge in [-0.15, -0.1) is 6.42 Å². The van der Waals surface area contributed by atoms with E-state index in [4.69, 9.17) is 11.2 Å². The lowest BCUT2D eigenvalue weighted by molar-refractivity contribution is -0.472. The minimum Gasteiger partial charge on any atom is -0.438 e. The molecular formula is C7H12NO+. The van der Waals surface area contributed by atoms with Crippen molar-refractivity contribution in [3.63, 3.8) is 0 Å². The highest BCUT2D eigenvalue weighted by atomic mass is 16.5. The zero-order valence-electron chi connectivity index (χ0n) is 6.14. The minimum atomic E-state index is 0.581. The van der Waals surface area contributed by atoms with Crippen LogP contribution in [0.1, 0.15) is 6.92 Å². The fourth-order valence-electron chi connectivity index (χ4n) is 0.437. The summed E-state index contributed by atoms with van der Waals surface area (Å²) in [6, 6.07) is 0. The van der Waals surface area contributed by atoms with Crippen molar-refractivity contribution in [3.8, 4) is 12.3 Å². The fraction of sp³-hybridized carbons (Fsp3) is 0.571. The van der Waals surface area contributed by atoms with E-state index in [1.807, 2.05) is 21.0 Å². The minimum absolute atomic E-state index is 0.581. The number of hydrogen-bond donors (Lipinski definition) is 0. The molecule has 0 bridgehead atoms. The normalized spacial score (nSPS) is 7.78. The van der Waals surface area contributed by atoms with E-state index in [0.29, 0.717) is 12.5 Å². The molecule has 2 nitrogen and oxygen atoms in total. The van der Waals surface area contributed by atoms with E-state index in [1.54, 1.807) is 4.58 Å². The molecule has 0 aromatic rings. The molecule has 0 aromatic carbocycles. The molecular weight excluding hydrogens is 114 g/mol. The van der Waals surface area contributed by atoms with Crippen molar-refractivity contribution in [3.05, 3.63) is 0 Å². The molecule has 2 heteroatoms. The first-order valence-corrected chi connectivity index (χ1v) is 2.86. The molecule has 0 fully saturated rings. The second kappa shape index (κ2) is 3.96. The van der Waals surface area contributed by atoms with Crippen LogP contribution in [0.4, 0.5) is 0 Å². The number of terminal acetylenes is 1. The molecule has 0 aromatic heterocycles. The van der Waals surface area contributed by atoms with Gasteiger partial charge in [-0.1, -0.05) is 0 Å². The molecule has 9 heavy (non-hydrogen) atoms. The summed E-state index contributed by atoms with van der Waals surface area (Å²) in [6.45, 7) is 2.53. The third-order valence-electron chi connectivity index (χ3n) is 0.811. The number of hydrogen-bond acceptors (Lipinski definition) is 1. The van der Waals surface area contributed by atoms with Crippen LogP contribution in [0.25, 0.3) is 0 Å². The molecule has 0 atom stereocenters. The molecule has 50 valence electrons. The van der Waals surface area contributed by atoms with Crippen LogP contribution < -0.4 is 0 Å². The second-order valence-corrected chi connectivity index (χ2v) is 1.78. The van der Waals surface area contributed by atoms with Gasteiger partial charge in [-0.25, -0.2) is 0 Å². The highest BCUT2D eigenvalue weighted by molar-refractivity contribution is 5.88. The number of nitrogens with zero attached hydrogens (tertiary/aromatic N) is 1. The quantitative estimate of drug-likeness (QED) is 0.213. The third-order valence-corrected chi connectivity index (χ3v) is 0.811. The molecule has 0 heterocycles. The topological polar surface area (TPSA) is 12.2 Å². The van der Waals surface area contributed by atoms with Gasteiger partial charge in [-0.3, -0.25) is 0 Å². The van der Waals surface area contributed by atoms with E-state index in [2.05, 4.69) is 5.92 Å². The summed E-state index contributed by atoms with van der Waals surface area (Å²) in [5.74, 6) is 3.00. The average molecular weight is 126 g/mol. The Labute approximate surface area is 56.1 Å². The van der Waals surface area contributed by atoms with Crippen LogP contribution in [-0.4, -0.2) is 31.2 Å². The summed E-state index contributed by atoms with van der Waals surface area (Å²) in [4.78, 5) is 0. The van der Waals surface area contributed by atoms with Crippen molar-refractivity contribution in [1.82, 2.24) is 0 Å². The molecule has 0 spiro atoms. The molecule has 0 unspecified atom stereocenters. The Kier molecular flexibility index (Phi) is 3.54. The standard InChI is InChI=1S/C7H12NO/c1-5-7(8(3)4)9-6-2/h1H,6H2,2-4H3/q+1. The molecule has 0 rings (SSSR count). The van der Waals surface area contributed by atoms with Crippen LogP contribution in [0.15, 0.2) is 0 Å². The third kappa shape index (κ3) is 2.76. The first-order valence-electron chi connectivity index (χ1n) is 2.86. The number of ether oxygens (including phenoxy) is 1. The van der Waals surface area contributed by atoms with Crippen LogP contribution in [0, 0.1) is 12.3 Å². The maximum absolute atomic E-state index is 5.11. The first-order chi connectivity index (χ1) is 4.22. The SMILES string of the molecule is C#CC(OCC)=[N+](C)C. The van der Waals surface area contributed by atoms with E-state index in [9.17, 15) is 0 Å². The summed E-state index contributed by atoms with van der Waals surface area (Å²) in [7, 11) is 3.70. The van der Waals surface area contributed by atoms with E-state index in [-0.39, 0.29) is 0 Å². The smallest absolute Gasteiger partial charge is 0.417 e. The van der Waals surface area contributed by atoms with Gasteiger partial charge in [0, 0.05) is 5.92 Å². The summed E-state index contributed by atoms with van der Waals surface area (Å²) in [6.07, 6.45) is 5.11. The van der Waals surface area contributed by atoms with Crippen molar-refractivity contribution in [2.75, 3.05) is 20.7 Å². The van der Waals surface area contributed by atoms with Gasteiger partial charge in [0.25, 0.3) is 0 Å². The maximum Gasteiger partial charge on any atom is 0.417 e. The highest BCUT2D eigenvalue weighted by Crippen LogP contribution is 1.76. The van der Waals surface area contributed by atoms with Crippen molar-refractivity contribution in [1.29, 1.82) is 0 Å². The maximum atomic E-state index is 5.11. The molecule has 0 radical (unpaired) electrons. The second-order valence-electron chi connectivity index (χ2n) is 1.78. The Balaban J connectivity index is 4.04. The molecule has 0 saturated heterocycles. The number of rotatable bonds is 1. The molecule has 0 aliphatic heterocycles. The highest BCUT2D eigenvalue weighted by Gasteiger charge is 2.00. The Morgan fingerprint density at radius 1 is 1.67 bits per heavy atom. The summed E-state index contributed by atoms with van der Waals surface area (Å²) in [5.41, 5.74) is 0. The van der Waals surface area contributed by atoms with E-state index < -0.39 is 0 Å². The lowest BCUT2D eigenvalue weighted by atomic mass is 10.6. The van der Waals surface area contributed by atoms with E-state index in [0.717, 1.165) is 0 Å². The van der Waals surface area contributed by atoms with Gasteiger partial charge in [0.15, 0.2) is 0 Å². The zero-order chi connectivity index (χ0) is 7.28. The van der Waals surface area contributed by atoms with Crippen molar-refractivity contribution >= 4 is 5.90 Å². The van der Waals surface area contributed by atoms with Gasteiger partial charge in [0.1, 0.15) is 14.1 Å². The Morgan fingerprint density at radius 3 is 2.33 bits per heavy atom. The lowest BCUT2D eigenvalue weighted by Gasteiger charge is -1.95. The van der Waals surface area contributed by atoms with Gasteiger partial charge in [0.2, 0.25) is 0 Å². The Bertz CT molecular complexity index is 149. The van der Waals surface area contributed by atoms with Crippen molar-refractivity contribution in [2.24, 2.45) is 0 Å². The first kappa shape index (κ1) is 8.03. The molecule has 0 aliphatic carbocycles. The summed E-state index contributed by atoms with van der Waals surface area (Å²) < 4.78 is 6.83. The summed E-state index contributed by atoms with van der Waals surface area (Å²) in [5, 5.41) is 0. The van der Waals surface area contributed by atoms with Gasteiger partial charge in [0.05, 0.1) is 6.61 Å². The van der Waals surface area contributed by atoms with Crippen LogP contribution in [0.2, 0.25) is 0 Å². The predicted octanol–water partition coefficient (Wildman–Crippen LogP) is 0.327. The monoisotopic (exact) mass is 126 g/mol. The Hall–Kier alpha value is -0.970. The van der Waals surface area contributed by atoms with Crippen LogP contribution >= 0.6 is 0 Å². The molecule has 0 N–H and O–H groups in total. The van der Waals surface area contributed by atoms with Crippen LogP contribution in [0.3, 0.4) is 0 Å². The van der Waals surface area contributed by atoms with Crippen LogP contribution in [0.5, 0.6) is 0 Å². The summed E-state index contributed by atoms with van der Waals surface area (Å²) >= 11 is 0. The average Bonchev–Trinajstić information content (AvgIpc) is 1.82. The van der Waals surface area contributed by atoms with Gasteiger partial charge < -0.3 is 4.74 Å². The van der Waals surface area contributed by atoms with E-state index >= 15 is 0 Å². The largest absolute Gasteiger partial charge is 0.438 e. The van der Waals surface area contributed by atoms with Gasteiger partial charge in [-0.2, -0.15) is 4.58 Å². The van der Waals surface area contributed by atoms with Gasteiger partial charge >= 0.3 is 5.90 Å². The zero-order valence-corrected chi connectivity index (χ0v) is 6.14. The fourth-order valence-corrected chi connectivity index (χ4v) is 0.437. The van der Waals surface area contributed by atoms with Crippen molar-refractivity contribution < 1.29 is 9.31 Å². The van der Waals surface area contributed by atoms with Crippen LogP contribution in [-0.2, 0) is 4.74 Å².